The minimum Gasteiger partial charge on any atom is -0.497 e. The fourth-order valence-corrected chi connectivity index (χ4v) is 4.10. The first kappa shape index (κ1) is 18.0. The minimum absolute atomic E-state index is 0.0245. The standard InChI is InChI=1S/C16H19NO6S/c1-10-4-13(22-3)5-11(2)15(10)24(20,21)9-17-7-14-6-12(8-23-14)16(18)19/h4-6,8,17H,7,9H2,1-3H3,(H,18,19). The molecule has 2 rings (SSSR count). The Labute approximate surface area is 140 Å². The molecule has 24 heavy (non-hydrogen) atoms. The maximum Gasteiger partial charge on any atom is 0.338 e. The molecule has 0 amide bonds. The molecule has 1 aromatic carbocycles. The second-order valence-corrected chi connectivity index (χ2v) is 7.31. The molecule has 0 unspecified atom stereocenters. The second kappa shape index (κ2) is 7.06. The van der Waals surface area contributed by atoms with Crippen LogP contribution in [0.15, 0.2) is 33.8 Å². The second-order valence-electron chi connectivity index (χ2n) is 5.38. The van der Waals surface area contributed by atoms with Crippen molar-refractivity contribution in [2.75, 3.05) is 13.0 Å². The highest BCUT2D eigenvalue weighted by molar-refractivity contribution is 7.91. The number of aryl methyl sites for hydroxylation is 2. The van der Waals surface area contributed by atoms with E-state index in [4.69, 9.17) is 14.3 Å². The number of furan rings is 1. The zero-order chi connectivity index (χ0) is 17.9. The third-order valence-corrected chi connectivity index (χ3v) is 5.32. The van der Waals surface area contributed by atoms with Crippen molar-refractivity contribution >= 4 is 15.8 Å². The molecule has 0 aliphatic carbocycles. The van der Waals surface area contributed by atoms with E-state index < -0.39 is 15.8 Å². The Morgan fingerprint density at radius 3 is 2.38 bits per heavy atom. The predicted molar refractivity (Wildman–Crippen MR) is 87.0 cm³/mol. The molecule has 0 bridgehead atoms. The van der Waals surface area contributed by atoms with Gasteiger partial charge >= 0.3 is 5.97 Å². The average molecular weight is 353 g/mol. The number of hydrogen-bond acceptors (Lipinski definition) is 6. The number of rotatable bonds is 7. The molecule has 2 aromatic rings. The summed E-state index contributed by atoms with van der Waals surface area (Å²) in [5.41, 5.74) is 1.25. The van der Waals surface area contributed by atoms with Crippen LogP contribution in [0.1, 0.15) is 27.2 Å². The van der Waals surface area contributed by atoms with Gasteiger partial charge in [0.05, 0.1) is 24.1 Å². The Hall–Kier alpha value is -2.32. The van der Waals surface area contributed by atoms with Gasteiger partial charge in [-0.05, 0) is 43.2 Å². The number of methoxy groups -OCH3 is 1. The molecular formula is C16H19NO6S. The van der Waals surface area contributed by atoms with E-state index in [1.165, 1.54) is 13.2 Å². The predicted octanol–water partition coefficient (Wildman–Crippen LogP) is 2.12. The number of aromatic carboxylic acids is 1. The molecule has 0 atom stereocenters. The fourth-order valence-electron chi connectivity index (χ4n) is 2.49. The van der Waals surface area contributed by atoms with E-state index in [0.29, 0.717) is 22.6 Å². The van der Waals surface area contributed by atoms with Crippen LogP contribution in [0.2, 0.25) is 0 Å². The lowest BCUT2D eigenvalue weighted by molar-refractivity contribution is 0.0696. The molecule has 130 valence electrons. The van der Waals surface area contributed by atoms with Gasteiger partial charge in [-0.25, -0.2) is 13.2 Å². The molecule has 0 aliphatic rings. The molecule has 0 aliphatic heterocycles. The van der Waals surface area contributed by atoms with Crippen molar-refractivity contribution in [1.82, 2.24) is 5.32 Å². The maximum absolute atomic E-state index is 12.5. The molecule has 1 aromatic heterocycles. The SMILES string of the molecule is COc1cc(C)c(S(=O)(=O)CNCc2cc(C(=O)O)co2)c(C)c1. The van der Waals surface area contributed by atoms with Crippen molar-refractivity contribution in [3.63, 3.8) is 0 Å². The van der Waals surface area contributed by atoms with Gasteiger partial charge in [0.15, 0.2) is 9.84 Å². The molecule has 0 fully saturated rings. The van der Waals surface area contributed by atoms with Gasteiger partial charge in [-0.15, -0.1) is 0 Å². The van der Waals surface area contributed by atoms with Crippen LogP contribution in [-0.4, -0.2) is 32.5 Å². The molecule has 2 N–H and O–H groups in total. The highest BCUT2D eigenvalue weighted by Crippen LogP contribution is 2.26. The summed E-state index contributed by atoms with van der Waals surface area (Å²) in [4.78, 5) is 11.0. The van der Waals surface area contributed by atoms with E-state index in [1.807, 2.05) is 0 Å². The number of carbonyl (C=O) groups is 1. The molecule has 0 spiro atoms. The van der Waals surface area contributed by atoms with Crippen molar-refractivity contribution in [3.05, 3.63) is 46.9 Å². The number of nitrogens with one attached hydrogen (secondary N) is 1. The lowest BCUT2D eigenvalue weighted by atomic mass is 10.1. The van der Waals surface area contributed by atoms with E-state index in [-0.39, 0.29) is 22.9 Å². The first-order chi connectivity index (χ1) is 11.2. The number of sulfone groups is 1. The number of benzene rings is 1. The summed E-state index contributed by atoms with van der Waals surface area (Å²) in [6.45, 7) is 3.54. The van der Waals surface area contributed by atoms with Crippen LogP contribution in [0.4, 0.5) is 0 Å². The Kier molecular flexibility index (Phi) is 5.30. The Morgan fingerprint density at radius 2 is 1.88 bits per heavy atom. The summed E-state index contributed by atoms with van der Waals surface area (Å²) < 4.78 is 35.3. The van der Waals surface area contributed by atoms with Gasteiger partial charge in [0.1, 0.15) is 23.6 Å². The van der Waals surface area contributed by atoms with Gasteiger partial charge < -0.3 is 14.3 Å². The fraction of sp³-hybridized carbons (Fsp3) is 0.312. The van der Waals surface area contributed by atoms with Gasteiger partial charge in [-0.3, -0.25) is 5.32 Å². The summed E-state index contributed by atoms with van der Waals surface area (Å²) in [5.74, 6) is -0.425. The van der Waals surface area contributed by atoms with E-state index in [1.54, 1.807) is 26.0 Å². The summed E-state index contributed by atoms with van der Waals surface area (Å²) in [6.07, 6.45) is 1.12. The molecule has 7 nitrogen and oxygen atoms in total. The van der Waals surface area contributed by atoms with E-state index in [0.717, 1.165) is 6.26 Å². The van der Waals surface area contributed by atoms with Crippen LogP contribution in [0.25, 0.3) is 0 Å². The monoisotopic (exact) mass is 353 g/mol. The first-order valence-corrected chi connectivity index (χ1v) is 8.79. The van der Waals surface area contributed by atoms with Crippen molar-refractivity contribution < 1.29 is 27.5 Å². The molecular weight excluding hydrogens is 334 g/mol. The Balaban J connectivity index is 2.10. The smallest absolute Gasteiger partial charge is 0.338 e. The number of carboxylic acid groups (broad SMARTS) is 1. The molecule has 0 radical (unpaired) electrons. The molecule has 8 heteroatoms. The van der Waals surface area contributed by atoms with Crippen LogP contribution in [0.5, 0.6) is 5.75 Å². The summed E-state index contributed by atoms with van der Waals surface area (Å²) in [7, 11) is -2.02. The van der Waals surface area contributed by atoms with Crippen LogP contribution >= 0.6 is 0 Å². The maximum atomic E-state index is 12.5. The molecule has 0 saturated heterocycles. The van der Waals surface area contributed by atoms with Crippen LogP contribution in [0, 0.1) is 13.8 Å². The molecule has 1 heterocycles. The van der Waals surface area contributed by atoms with Crippen molar-refractivity contribution in [2.45, 2.75) is 25.3 Å². The lowest BCUT2D eigenvalue weighted by Crippen LogP contribution is -2.24. The highest BCUT2D eigenvalue weighted by atomic mass is 32.2. The third kappa shape index (κ3) is 3.95. The summed E-state index contributed by atoms with van der Waals surface area (Å²) in [5, 5.41) is 11.6. The van der Waals surface area contributed by atoms with E-state index in [9.17, 15) is 13.2 Å². The van der Waals surface area contributed by atoms with Crippen LogP contribution in [-0.2, 0) is 16.4 Å². The first-order valence-electron chi connectivity index (χ1n) is 7.14. The normalized spacial score (nSPS) is 11.5. The number of carboxylic acids is 1. The van der Waals surface area contributed by atoms with Crippen LogP contribution in [0.3, 0.4) is 0 Å². The Bertz CT molecular complexity index is 830. The van der Waals surface area contributed by atoms with Gasteiger partial charge in [-0.1, -0.05) is 0 Å². The number of ether oxygens (including phenoxy) is 1. The van der Waals surface area contributed by atoms with Crippen molar-refractivity contribution in [3.8, 4) is 5.75 Å². The third-order valence-electron chi connectivity index (χ3n) is 3.47. The van der Waals surface area contributed by atoms with Crippen LogP contribution < -0.4 is 10.1 Å². The lowest BCUT2D eigenvalue weighted by Gasteiger charge is -2.13. The van der Waals surface area contributed by atoms with Crippen molar-refractivity contribution in [1.29, 1.82) is 0 Å². The van der Waals surface area contributed by atoms with Gasteiger partial charge in [0, 0.05) is 0 Å². The minimum atomic E-state index is -3.55. The molecule has 0 saturated carbocycles. The van der Waals surface area contributed by atoms with Gasteiger partial charge in [0.2, 0.25) is 0 Å². The zero-order valence-electron chi connectivity index (χ0n) is 13.6. The summed E-state index contributed by atoms with van der Waals surface area (Å²) in [6, 6.07) is 4.70. The van der Waals surface area contributed by atoms with E-state index in [2.05, 4.69) is 5.32 Å². The zero-order valence-corrected chi connectivity index (χ0v) is 14.4. The van der Waals surface area contributed by atoms with Gasteiger partial charge in [0.25, 0.3) is 0 Å². The van der Waals surface area contributed by atoms with E-state index >= 15 is 0 Å². The topological polar surface area (TPSA) is 106 Å². The van der Waals surface area contributed by atoms with Gasteiger partial charge in [-0.2, -0.15) is 0 Å². The Morgan fingerprint density at radius 1 is 1.25 bits per heavy atom. The summed E-state index contributed by atoms with van der Waals surface area (Å²) >= 11 is 0. The highest BCUT2D eigenvalue weighted by Gasteiger charge is 2.20. The average Bonchev–Trinajstić information content (AvgIpc) is 2.95. The number of hydrogen-bond donors (Lipinski definition) is 2. The largest absolute Gasteiger partial charge is 0.497 e. The van der Waals surface area contributed by atoms with Crippen molar-refractivity contribution in [2.24, 2.45) is 0 Å². The quantitative estimate of drug-likeness (QED) is 0.785.